The van der Waals surface area contributed by atoms with Crippen molar-refractivity contribution in [3.63, 3.8) is 0 Å². The van der Waals surface area contributed by atoms with Crippen LogP contribution >= 0.6 is 0 Å². The highest BCUT2D eigenvalue weighted by molar-refractivity contribution is 5.98. The van der Waals surface area contributed by atoms with Crippen LogP contribution in [0, 0.1) is 22.1 Å². The summed E-state index contributed by atoms with van der Waals surface area (Å²) in [5.41, 5.74) is 31.3. The number of imidazole rings is 1. The molecule has 2 aromatic carbocycles. The molecular weight excluding hydrogens is 1040 g/mol. The number of carbonyl (C=O) groups excluding carboxylic acids is 7. The number of primary amides is 1. The molecule has 5 rings (SSSR count). The van der Waals surface area contributed by atoms with Crippen LogP contribution in [0.5, 0.6) is 0 Å². The van der Waals surface area contributed by atoms with E-state index in [-0.39, 0.29) is 82.3 Å². The predicted molar refractivity (Wildman–Crippen MR) is 307 cm³/mol. The molecule has 7 atom stereocenters. The number of nitrogens with zero attached hydrogens (tertiary/aromatic N) is 1. The number of rotatable bonds is 35. The van der Waals surface area contributed by atoms with Gasteiger partial charge >= 0.3 is 0 Å². The standard InChI is InChI=1S/C53H79N21O7/c1-30(11-8-20-63-51(56)57)45(76)69-38(16-6-7-19-54)46(77)70-40(18-10-22-65-53(60)61)48(79)73-42(24-32-27-67-37-15-5-3-13-35(32)37)49(80)74-43(25-33-28-62-29-68-33)50(81)71-39(17-9-21-64-52(58)59)47(78)72-41(44(55)75)23-31-26-66-36-14-4-2-12-34(31)36/h2-5,12-15,26-30,38-43,66-67H,6-11,16-25,54H2,1H3,(H2,55,75)(H,62,68)(H,69,76)(H,70,77)(H,71,81)(H,72,78)(H,73,79)(H,74,80)(H4,56,57,63)(H4,58,59,64)(H4,60,61,65)/t30-,38-,39-,40-,41-,42-,43-/m0/s1. The summed E-state index contributed by atoms with van der Waals surface area (Å²) in [5.74, 6) is -6.47. The molecule has 3 aromatic heterocycles. The molecule has 7 amide bonds. The van der Waals surface area contributed by atoms with Gasteiger partial charge in [0.1, 0.15) is 36.3 Å². The summed E-state index contributed by atoms with van der Waals surface area (Å²) in [6.45, 7) is 2.70. The minimum Gasteiger partial charge on any atom is -0.370 e. The Morgan fingerprint density at radius 2 is 0.889 bits per heavy atom. The van der Waals surface area contributed by atoms with Gasteiger partial charge in [0, 0.05) is 85.2 Å². The molecule has 0 aliphatic heterocycles. The first-order valence-electron chi connectivity index (χ1n) is 27.0. The highest BCUT2D eigenvalue weighted by atomic mass is 16.2. The third-order valence-corrected chi connectivity index (χ3v) is 13.5. The number of benzene rings is 2. The van der Waals surface area contributed by atoms with Crippen LogP contribution in [0.25, 0.3) is 21.8 Å². The number of hydrogen-bond donors (Lipinski definition) is 20. The van der Waals surface area contributed by atoms with Crippen LogP contribution in [0.1, 0.15) is 81.5 Å². The van der Waals surface area contributed by atoms with E-state index in [0.717, 1.165) is 21.8 Å². The van der Waals surface area contributed by atoms with Gasteiger partial charge in [-0.3, -0.25) is 49.8 Å². The molecule has 0 fully saturated rings. The third kappa shape index (κ3) is 20.5. The SMILES string of the molecule is C[C@@H](CCCNC(=N)N)C(=O)N[C@@H](CCCCN)C(=O)N[C@@H](CCCNC(=N)N)C(=O)N[C@@H](Cc1c[nH]c2ccccc12)C(=O)N[C@@H](Cc1c[nH]cn1)C(=O)N[C@@H](CCCNC(=N)N)C(=O)N[C@@H](Cc1c[nH]c2ccccc12)C(N)=O. The Kier molecular flexibility index (Phi) is 24.7. The lowest BCUT2D eigenvalue weighted by molar-refractivity contribution is -0.135. The van der Waals surface area contributed by atoms with E-state index in [0.29, 0.717) is 55.6 Å². The smallest absolute Gasteiger partial charge is 0.243 e. The second kappa shape index (κ2) is 32.0. The molecular formula is C53H79N21O7. The monoisotopic (exact) mass is 1120 g/mol. The molecule has 0 unspecified atom stereocenters. The van der Waals surface area contributed by atoms with Gasteiger partial charge < -0.3 is 91.5 Å². The molecule has 25 N–H and O–H groups in total. The van der Waals surface area contributed by atoms with Crippen LogP contribution in [0.2, 0.25) is 0 Å². The summed E-state index contributed by atoms with van der Waals surface area (Å²) in [5, 5.41) is 49.0. The summed E-state index contributed by atoms with van der Waals surface area (Å²) in [6, 6.07) is 6.93. The lowest BCUT2D eigenvalue weighted by Gasteiger charge is -2.28. The summed E-state index contributed by atoms with van der Waals surface area (Å²) < 4.78 is 0. The molecule has 0 bridgehead atoms. The summed E-state index contributed by atoms with van der Waals surface area (Å²) in [6.07, 6.45) is 8.52. The van der Waals surface area contributed by atoms with Crippen molar-refractivity contribution < 1.29 is 33.6 Å². The third-order valence-electron chi connectivity index (χ3n) is 13.5. The fourth-order valence-corrected chi connectivity index (χ4v) is 9.09. The Bertz CT molecular complexity index is 2920. The number of carbonyl (C=O) groups is 7. The first-order chi connectivity index (χ1) is 38.8. The van der Waals surface area contributed by atoms with Gasteiger partial charge in [-0.15, -0.1) is 0 Å². The highest BCUT2D eigenvalue weighted by Gasteiger charge is 2.35. The Balaban J connectivity index is 1.43. The van der Waals surface area contributed by atoms with Crippen LogP contribution in [0.4, 0.5) is 0 Å². The van der Waals surface area contributed by atoms with E-state index < -0.39 is 83.5 Å². The molecule has 0 spiro atoms. The molecule has 81 heavy (non-hydrogen) atoms. The van der Waals surface area contributed by atoms with Crippen molar-refractivity contribution >= 4 is 81.0 Å². The van der Waals surface area contributed by atoms with Crippen LogP contribution in [-0.4, -0.2) is 142 Å². The first kappa shape index (κ1) is 62.6. The second-order valence-electron chi connectivity index (χ2n) is 19.8. The molecule has 0 radical (unpaired) electrons. The molecule has 0 aliphatic rings. The number of unbranched alkanes of at least 4 members (excludes halogenated alkanes) is 1. The van der Waals surface area contributed by atoms with Crippen molar-refractivity contribution in [3.8, 4) is 0 Å². The van der Waals surface area contributed by atoms with Gasteiger partial charge in [0.25, 0.3) is 0 Å². The number of H-pyrrole nitrogens is 3. The van der Waals surface area contributed by atoms with E-state index in [2.05, 4.69) is 67.8 Å². The van der Waals surface area contributed by atoms with Gasteiger partial charge in [0.05, 0.1) is 12.0 Å². The van der Waals surface area contributed by atoms with E-state index in [1.807, 2.05) is 48.5 Å². The van der Waals surface area contributed by atoms with Gasteiger partial charge in [-0.25, -0.2) is 4.98 Å². The fourth-order valence-electron chi connectivity index (χ4n) is 9.09. The van der Waals surface area contributed by atoms with E-state index >= 15 is 0 Å². The number of hydrogen-bond acceptors (Lipinski definition) is 12. The van der Waals surface area contributed by atoms with E-state index in [9.17, 15) is 33.6 Å². The van der Waals surface area contributed by atoms with Gasteiger partial charge in [0.2, 0.25) is 41.4 Å². The summed E-state index contributed by atoms with van der Waals surface area (Å²) >= 11 is 0. The van der Waals surface area contributed by atoms with Crippen LogP contribution < -0.4 is 76.5 Å². The molecule has 0 saturated carbocycles. The molecule has 0 aliphatic carbocycles. The number of nitrogens with one attached hydrogen (secondary N) is 15. The Morgan fingerprint density at radius 1 is 0.494 bits per heavy atom. The summed E-state index contributed by atoms with van der Waals surface area (Å²) in [7, 11) is 0. The average molecular weight is 1120 g/mol. The number of guanidine groups is 3. The van der Waals surface area contributed by atoms with Gasteiger partial charge in [-0.2, -0.15) is 0 Å². The number of amides is 7. The van der Waals surface area contributed by atoms with Crippen molar-refractivity contribution in [2.75, 3.05) is 26.2 Å². The quantitative estimate of drug-likeness (QED) is 0.0123. The highest BCUT2D eigenvalue weighted by Crippen LogP contribution is 2.21. The lowest BCUT2D eigenvalue weighted by atomic mass is 10.0. The zero-order chi connectivity index (χ0) is 58.8. The molecule has 28 heteroatoms. The molecule has 28 nitrogen and oxygen atoms in total. The van der Waals surface area contributed by atoms with Crippen molar-refractivity contribution in [1.29, 1.82) is 16.2 Å². The van der Waals surface area contributed by atoms with Gasteiger partial charge in [-0.1, -0.05) is 43.3 Å². The molecule has 0 saturated heterocycles. The molecule has 5 aromatic rings. The van der Waals surface area contributed by atoms with Crippen molar-refractivity contribution in [2.24, 2.45) is 34.6 Å². The number of fused-ring (bicyclic) bond motifs is 2. The summed E-state index contributed by atoms with van der Waals surface area (Å²) in [4.78, 5) is 113. The van der Waals surface area contributed by atoms with E-state index in [4.69, 9.17) is 44.9 Å². The Hall–Kier alpha value is -9.21. The number of aromatic amines is 3. The van der Waals surface area contributed by atoms with Crippen LogP contribution in [0.15, 0.2) is 73.4 Å². The Morgan fingerprint density at radius 3 is 1.33 bits per heavy atom. The van der Waals surface area contributed by atoms with E-state index in [1.165, 1.54) is 12.5 Å². The predicted octanol–water partition coefficient (Wildman–Crippen LogP) is -1.65. The van der Waals surface area contributed by atoms with E-state index in [1.54, 1.807) is 19.3 Å². The normalized spacial score (nSPS) is 13.7. The maximum Gasteiger partial charge on any atom is 0.243 e. The number of nitrogens with two attached hydrogens (primary N) is 5. The molecule has 438 valence electrons. The Labute approximate surface area is 468 Å². The fraction of sp³-hybridized carbons (Fsp3) is 0.453. The first-order valence-corrected chi connectivity index (χ1v) is 27.0. The van der Waals surface area contributed by atoms with Crippen molar-refractivity contribution in [1.82, 2.24) is 67.8 Å². The van der Waals surface area contributed by atoms with Gasteiger partial charge in [-0.05, 0) is 87.6 Å². The minimum atomic E-state index is -1.44. The molecule has 3 heterocycles. The van der Waals surface area contributed by atoms with Gasteiger partial charge in [0.15, 0.2) is 17.9 Å². The maximum atomic E-state index is 15.0. The second-order valence-corrected chi connectivity index (χ2v) is 19.8. The number of para-hydroxylation sites is 2. The van der Waals surface area contributed by atoms with Crippen LogP contribution in [-0.2, 0) is 52.8 Å². The zero-order valence-corrected chi connectivity index (χ0v) is 45.5. The topological polar surface area (TPSA) is 490 Å². The van der Waals surface area contributed by atoms with Crippen LogP contribution in [0.3, 0.4) is 0 Å². The largest absolute Gasteiger partial charge is 0.370 e. The number of aromatic nitrogens is 4. The van der Waals surface area contributed by atoms with Crippen molar-refractivity contribution in [3.05, 3.63) is 90.3 Å². The lowest BCUT2D eigenvalue weighted by Crippen LogP contribution is -2.60. The van der Waals surface area contributed by atoms with Crippen molar-refractivity contribution in [2.45, 2.75) is 120 Å². The zero-order valence-electron chi connectivity index (χ0n) is 45.5. The maximum absolute atomic E-state index is 15.0. The minimum absolute atomic E-state index is 0.0176. The average Bonchev–Trinajstić information content (AvgIpc) is 4.37.